The molecule has 0 unspecified atom stereocenters. The summed E-state index contributed by atoms with van der Waals surface area (Å²) in [6, 6.07) is 2.86. The van der Waals surface area contributed by atoms with Gasteiger partial charge in [-0.25, -0.2) is 0 Å². The molecule has 0 amide bonds. The quantitative estimate of drug-likeness (QED) is 0.265. The SMILES string of the molecule is CN1CCc2c([NH-])c([N+](=O)[O-])cc(Br)c2C1.CN1CCc2c([NH-])c([N+](=O)[O-])cc(Br)c2C1.[Ac].[Ac]. The maximum Gasteiger partial charge on any atom is 0.255 e. The number of benzene rings is 2. The summed E-state index contributed by atoms with van der Waals surface area (Å²) in [5.74, 6) is 0. The van der Waals surface area contributed by atoms with E-state index in [4.69, 9.17) is 11.5 Å². The number of nitro benzene ring substituents is 2. The van der Waals surface area contributed by atoms with Crippen LogP contribution in [0.25, 0.3) is 11.5 Å². The van der Waals surface area contributed by atoms with Crippen molar-refractivity contribution in [2.45, 2.75) is 25.9 Å². The van der Waals surface area contributed by atoms with Crippen LogP contribution in [0, 0.1) is 108 Å². The van der Waals surface area contributed by atoms with E-state index < -0.39 is 9.85 Å². The number of likely N-dealkylation sites (N-methyl/N-ethyl adjacent to an activating group) is 2. The largest absolute Gasteiger partial charge is 0.693 e. The van der Waals surface area contributed by atoms with Crippen LogP contribution in [0.4, 0.5) is 22.7 Å². The van der Waals surface area contributed by atoms with Gasteiger partial charge in [-0.1, -0.05) is 43.2 Å². The van der Waals surface area contributed by atoms with Gasteiger partial charge in [-0.3, -0.25) is 20.2 Å². The summed E-state index contributed by atoms with van der Waals surface area (Å²) in [6.45, 7) is 3.15. The molecule has 34 heavy (non-hydrogen) atoms. The van der Waals surface area contributed by atoms with Gasteiger partial charge in [0.15, 0.2) is 0 Å². The number of nitro groups is 2. The Hall–Kier alpha value is 0.603. The Bertz CT molecular complexity index is 1020. The van der Waals surface area contributed by atoms with E-state index in [0.717, 1.165) is 57.4 Å². The summed E-state index contributed by atoms with van der Waals surface area (Å²) in [6.07, 6.45) is 1.40. The molecule has 4 rings (SSSR count). The molecule has 2 aromatic carbocycles. The zero-order valence-corrected chi connectivity index (χ0v) is 31.4. The van der Waals surface area contributed by atoms with Gasteiger partial charge in [0, 0.05) is 135 Å². The van der Waals surface area contributed by atoms with Crippen LogP contribution in [-0.2, 0) is 25.9 Å². The first-order valence-electron chi connectivity index (χ1n) is 9.78. The normalized spacial score (nSPS) is 14.9. The van der Waals surface area contributed by atoms with Crippen molar-refractivity contribution in [2.75, 3.05) is 27.2 Å². The minimum absolute atomic E-state index is 0. The van der Waals surface area contributed by atoms with Crippen LogP contribution >= 0.6 is 31.9 Å². The van der Waals surface area contributed by atoms with E-state index in [2.05, 4.69) is 41.7 Å². The summed E-state index contributed by atoms with van der Waals surface area (Å²) in [4.78, 5) is 24.8. The third kappa shape index (κ3) is 7.34. The van der Waals surface area contributed by atoms with Crippen molar-refractivity contribution in [1.82, 2.24) is 9.80 Å². The molecular weight excluding hydrogens is 1000 g/mol. The van der Waals surface area contributed by atoms with Crippen LogP contribution in [0.1, 0.15) is 22.3 Å². The second-order valence-electron chi connectivity index (χ2n) is 7.91. The zero-order chi connectivity index (χ0) is 23.7. The van der Waals surface area contributed by atoms with Gasteiger partial charge in [0.05, 0.1) is 9.85 Å². The summed E-state index contributed by atoms with van der Waals surface area (Å²) >= 11 is 6.70. The first kappa shape index (κ1) is 32.6. The fraction of sp³-hybridized carbons (Fsp3) is 0.400. The molecule has 0 bridgehead atoms. The summed E-state index contributed by atoms with van der Waals surface area (Å²) in [5, 5.41) is 21.6. The Balaban J connectivity index is 0.000000321. The van der Waals surface area contributed by atoms with Crippen LogP contribution in [0.5, 0.6) is 0 Å². The molecule has 2 heterocycles. The molecule has 2 N–H and O–H groups in total. The van der Waals surface area contributed by atoms with Gasteiger partial charge in [-0.2, -0.15) is 0 Å². The van der Waals surface area contributed by atoms with E-state index in [1.54, 1.807) is 0 Å². The Kier molecular flexibility index (Phi) is 13.4. The predicted octanol–water partition coefficient (Wildman–Crippen LogP) is 6.06. The molecule has 2 aromatic rings. The Labute approximate surface area is 286 Å². The maximum absolute atomic E-state index is 10.8. The molecule has 2 aliphatic rings. The number of nitrogens with one attached hydrogen (secondary N) is 2. The van der Waals surface area contributed by atoms with Gasteiger partial charge in [0.1, 0.15) is 0 Å². The van der Waals surface area contributed by atoms with E-state index in [-0.39, 0.29) is 111 Å². The Morgan fingerprint density at radius 2 is 1.09 bits per heavy atom. The van der Waals surface area contributed by atoms with E-state index in [9.17, 15) is 20.2 Å². The molecule has 14 heteroatoms. The van der Waals surface area contributed by atoms with Crippen molar-refractivity contribution in [2.24, 2.45) is 0 Å². The third-order valence-electron chi connectivity index (χ3n) is 5.68. The van der Waals surface area contributed by atoms with Crippen molar-refractivity contribution < 1.29 is 98.0 Å². The van der Waals surface area contributed by atoms with Crippen LogP contribution in [0.3, 0.4) is 0 Å². The molecule has 178 valence electrons. The molecule has 0 saturated heterocycles. The average molecular weight is 1020 g/mol. The Morgan fingerprint density at radius 3 is 1.38 bits per heavy atom. The van der Waals surface area contributed by atoms with Gasteiger partial charge >= 0.3 is 0 Å². The van der Waals surface area contributed by atoms with Crippen LogP contribution in [0.2, 0.25) is 0 Å². The number of rotatable bonds is 2. The fourth-order valence-electron chi connectivity index (χ4n) is 3.94. The first-order chi connectivity index (χ1) is 15.0. The van der Waals surface area contributed by atoms with Crippen LogP contribution < -0.4 is 0 Å². The van der Waals surface area contributed by atoms with Crippen molar-refractivity contribution in [3.8, 4) is 0 Å². The maximum atomic E-state index is 10.8. The van der Waals surface area contributed by atoms with Gasteiger partial charge in [0.2, 0.25) is 0 Å². The van der Waals surface area contributed by atoms with Gasteiger partial charge in [0.25, 0.3) is 11.4 Å². The molecule has 0 aromatic heterocycles. The molecule has 0 spiro atoms. The van der Waals surface area contributed by atoms with Crippen molar-refractivity contribution in [1.29, 1.82) is 0 Å². The van der Waals surface area contributed by atoms with Crippen LogP contribution in [0.15, 0.2) is 21.1 Å². The van der Waals surface area contributed by atoms with Crippen molar-refractivity contribution in [3.63, 3.8) is 0 Å². The molecule has 10 nitrogen and oxygen atoms in total. The molecule has 0 saturated carbocycles. The monoisotopic (exact) mass is 1020 g/mol. The molecule has 0 fully saturated rings. The summed E-state index contributed by atoms with van der Waals surface area (Å²) in [7, 11) is 4.00. The summed E-state index contributed by atoms with van der Waals surface area (Å²) in [5.41, 5.74) is 19.2. The number of hydrogen-bond donors (Lipinski definition) is 0. The predicted molar refractivity (Wildman–Crippen MR) is 130 cm³/mol. The second-order valence-corrected chi connectivity index (χ2v) is 9.62. The number of halogens is 2. The van der Waals surface area contributed by atoms with Gasteiger partial charge in [-0.15, -0.1) is 0 Å². The molecule has 2 aliphatic heterocycles. The smallest absolute Gasteiger partial charge is 0.255 e. The van der Waals surface area contributed by atoms with Crippen LogP contribution in [-0.4, -0.2) is 46.8 Å². The van der Waals surface area contributed by atoms with E-state index in [1.165, 1.54) is 12.1 Å². The molecule has 0 aliphatic carbocycles. The molecule has 2 radical (unpaired) electrons. The van der Waals surface area contributed by atoms with Gasteiger partial charge in [-0.05, 0) is 49.2 Å². The number of nitrogens with zero attached hydrogens (tertiary/aromatic N) is 4. The van der Waals surface area contributed by atoms with Crippen molar-refractivity contribution >= 4 is 54.6 Å². The molecule has 0 atom stereocenters. The molecular formula is C20H22Ac2Br2N6O4-2. The Morgan fingerprint density at radius 1 is 0.765 bits per heavy atom. The minimum Gasteiger partial charge on any atom is -0.693 e. The van der Waals surface area contributed by atoms with E-state index in [0.29, 0.717) is 12.8 Å². The van der Waals surface area contributed by atoms with E-state index >= 15 is 0 Å². The summed E-state index contributed by atoms with van der Waals surface area (Å²) < 4.78 is 1.47. The van der Waals surface area contributed by atoms with E-state index in [1.807, 2.05) is 14.1 Å². The van der Waals surface area contributed by atoms with Crippen molar-refractivity contribution in [3.05, 3.63) is 75.0 Å². The second kappa shape index (κ2) is 13.9. The topological polar surface area (TPSA) is 140 Å². The average Bonchev–Trinajstić information content (AvgIpc) is 2.73. The fourth-order valence-corrected chi connectivity index (χ4v) is 5.11. The number of fused-ring (bicyclic) bond motifs is 2. The minimum atomic E-state index is -0.494. The number of hydrogen-bond acceptors (Lipinski definition) is 6. The first-order valence-corrected chi connectivity index (χ1v) is 11.4. The van der Waals surface area contributed by atoms with Gasteiger partial charge < -0.3 is 21.3 Å². The standard InChI is InChI=1S/2C10H11BrN3O2.2Ac/c2*1-13-3-2-6-7(5-13)8(11)4-9(10(6)12)14(15)16;;/h2*4,12H,2-3,5H2,1H3;;/q2*-1;;. The zero-order valence-electron chi connectivity index (χ0n) is 18.7. The third-order valence-corrected chi connectivity index (χ3v) is 7.10.